The number of aromatic nitrogens is 4. The number of rotatable bonds is 6. The Kier molecular flexibility index (Phi) is 5.87. The Morgan fingerprint density at radius 3 is 2.69 bits per heavy atom. The van der Waals surface area contributed by atoms with Gasteiger partial charge in [0.05, 0.1) is 5.92 Å². The molecule has 6 nitrogen and oxygen atoms in total. The summed E-state index contributed by atoms with van der Waals surface area (Å²) in [6.07, 6.45) is 9.73. The summed E-state index contributed by atoms with van der Waals surface area (Å²) in [6.45, 7) is 2.04. The van der Waals surface area contributed by atoms with Crippen molar-refractivity contribution in [1.82, 2.24) is 20.1 Å². The third-order valence-corrected chi connectivity index (χ3v) is 5.86. The highest BCUT2D eigenvalue weighted by Gasteiger charge is 2.25. The summed E-state index contributed by atoms with van der Waals surface area (Å²) in [5, 5.41) is 4.27. The van der Waals surface area contributed by atoms with Crippen LogP contribution in [0.2, 0.25) is 0 Å². The van der Waals surface area contributed by atoms with Gasteiger partial charge in [-0.2, -0.15) is 4.98 Å². The molecular weight excluding hydrogens is 405 g/mol. The molecule has 1 aliphatic rings. The molecule has 5 rings (SSSR count). The van der Waals surface area contributed by atoms with Gasteiger partial charge in [0.25, 0.3) is 5.89 Å². The molecule has 0 N–H and O–H groups in total. The van der Waals surface area contributed by atoms with Crippen LogP contribution in [0.5, 0.6) is 0 Å². The molecule has 4 aromatic rings. The van der Waals surface area contributed by atoms with Crippen LogP contribution in [0.1, 0.15) is 42.1 Å². The molecule has 1 aromatic carbocycles. The second-order valence-corrected chi connectivity index (χ2v) is 8.04. The topological polar surface area (TPSA) is 67.9 Å². The van der Waals surface area contributed by atoms with Gasteiger partial charge in [0.2, 0.25) is 0 Å². The van der Waals surface area contributed by atoms with Crippen LogP contribution >= 0.6 is 0 Å². The van der Waals surface area contributed by atoms with E-state index in [1.165, 1.54) is 31.4 Å². The normalized spacial score (nSPS) is 15.0. The molecule has 3 aromatic heterocycles. The van der Waals surface area contributed by atoms with Crippen LogP contribution in [0.25, 0.3) is 11.5 Å². The largest absolute Gasteiger partial charge is 0.356 e. The Morgan fingerprint density at radius 2 is 1.88 bits per heavy atom. The standard InChI is InChI=1S/C25H24FN5O/c26-21-10-4-7-19(15-21)25-29-23(30-32-25)22(20-9-5-11-27-17-20)16-18-8-6-12-28-24(18)31-13-2-1-3-14-31/h4-12,15,17,22H,1-3,13-14,16H2. The molecular formula is C25H24FN5O. The van der Waals surface area contributed by atoms with E-state index in [1.54, 1.807) is 18.3 Å². The first-order valence-electron chi connectivity index (χ1n) is 11.0. The second-order valence-electron chi connectivity index (χ2n) is 8.04. The molecule has 1 fully saturated rings. The monoisotopic (exact) mass is 429 g/mol. The van der Waals surface area contributed by atoms with Crippen LogP contribution in [0, 0.1) is 5.82 Å². The molecule has 1 saturated heterocycles. The van der Waals surface area contributed by atoms with Gasteiger partial charge in [0.15, 0.2) is 5.82 Å². The van der Waals surface area contributed by atoms with E-state index in [1.807, 2.05) is 30.6 Å². The summed E-state index contributed by atoms with van der Waals surface area (Å²) < 4.78 is 19.2. The molecule has 0 spiro atoms. The summed E-state index contributed by atoms with van der Waals surface area (Å²) >= 11 is 0. The average Bonchev–Trinajstić information content (AvgIpc) is 3.34. The first-order valence-corrected chi connectivity index (χ1v) is 11.0. The number of piperidine rings is 1. The minimum Gasteiger partial charge on any atom is -0.356 e. The van der Waals surface area contributed by atoms with Gasteiger partial charge in [-0.25, -0.2) is 9.37 Å². The zero-order valence-corrected chi connectivity index (χ0v) is 17.7. The lowest BCUT2D eigenvalue weighted by atomic mass is 9.92. The van der Waals surface area contributed by atoms with Gasteiger partial charge >= 0.3 is 0 Å². The van der Waals surface area contributed by atoms with Gasteiger partial charge in [0.1, 0.15) is 11.6 Å². The van der Waals surface area contributed by atoms with Gasteiger partial charge in [-0.1, -0.05) is 23.4 Å². The Balaban J connectivity index is 1.50. The van der Waals surface area contributed by atoms with E-state index >= 15 is 0 Å². The number of benzene rings is 1. The summed E-state index contributed by atoms with van der Waals surface area (Å²) in [4.78, 5) is 16.0. The molecule has 162 valence electrons. The van der Waals surface area contributed by atoms with E-state index in [4.69, 9.17) is 9.51 Å². The quantitative estimate of drug-likeness (QED) is 0.428. The third kappa shape index (κ3) is 4.37. The van der Waals surface area contributed by atoms with Crippen LogP contribution in [-0.2, 0) is 6.42 Å². The van der Waals surface area contributed by atoms with Crippen molar-refractivity contribution >= 4 is 5.82 Å². The van der Waals surface area contributed by atoms with Gasteiger partial charge in [-0.3, -0.25) is 4.98 Å². The lowest BCUT2D eigenvalue weighted by Gasteiger charge is -2.30. The van der Waals surface area contributed by atoms with Crippen molar-refractivity contribution in [3.63, 3.8) is 0 Å². The zero-order valence-electron chi connectivity index (χ0n) is 17.7. The lowest BCUT2D eigenvalue weighted by molar-refractivity contribution is 0.418. The lowest BCUT2D eigenvalue weighted by Crippen LogP contribution is -2.31. The van der Waals surface area contributed by atoms with Crippen LogP contribution in [0.3, 0.4) is 0 Å². The Morgan fingerprint density at radius 1 is 1.00 bits per heavy atom. The highest BCUT2D eigenvalue weighted by Crippen LogP contribution is 2.32. The zero-order chi connectivity index (χ0) is 21.8. The summed E-state index contributed by atoms with van der Waals surface area (Å²) in [5.41, 5.74) is 2.69. The number of anilines is 1. The third-order valence-electron chi connectivity index (χ3n) is 5.86. The summed E-state index contributed by atoms with van der Waals surface area (Å²) in [5.74, 6) is 1.37. The molecule has 7 heteroatoms. The minimum atomic E-state index is -0.340. The van der Waals surface area contributed by atoms with Crippen molar-refractivity contribution in [2.24, 2.45) is 0 Å². The van der Waals surface area contributed by atoms with Gasteiger partial charge in [-0.05, 0) is 67.1 Å². The van der Waals surface area contributed by atoms with E-state index in [9.17, 15) is 4.39 Å². The van der Waals surface area contributed by atoms with Gasteiger partial charge in [-0.15, -0.1) is 0 Å². The predicted molar refractivity (Wildman–Crippen MR) is 120 cm³/mol. The maximum Gasteiger partial charge on any atom is 0.258 e. The van der Waals surface area contributed by atoms with Crippen LogP contribution < -0.4 is 4.90 Å². The Labute approximate surface area is 186 Å². The highest BCUT2D eigenvalue weighted by molar-refractivity contribution is 5.53. The average molecular weight is 429 g/mol. The SMILES string of the molecule is Fc1cccc(-c2nc(C(Cc3cccnc3N3CCCCC3)c3cccnc3)no2)c1. The number of hydrogen-bond donors (Lipinski definition) is 0. The predicted octanol–water partition coefficient (Wildman–Crippen LogP) is 5.03. The maximum atomic E-state index is 13.7. The molecule has 1 unspecified atom stereocenters. The number of nitrogens with zero attached hydrogens (tertiary/aromatic N) is 5. The molecule has 0 aliphatic carbocycles. The molecule has 0 saturated carbocycles. The van der Waals surface area contributed by atoms with Crippen molar-refractivity contribution in [2.75, 3.05) is 18.0 Å². The van der Waals surface area contributed by atoms with Gasteiger partial charge in [0, 0.05) is 37.2 Å². The first-order chi connectivity index (χ1) is 15.8. The molecule has 1 atom stereocenters. The van der Waals surface area contributed by atoms with Crippen molar-refractivity contribution in [1.29, 1.82) is 0 Å². The summed E-state index contributed by atoms with van der Waals surface area (Å²) in [6, 6.07) is 14.2. The molecule has 0 radical (unpaired) electrons. The molecule has 1 aliphatic heterocycles. The molecule has 0 amide bonds. The van der Waals surface area contributed by atoms with Crippen molar-refractivity contribution in [2.45, 2.75) is 31.6 Å². The van der Waals surface area contributed by atoms with E-state index < -0.39 is 0 Å². The maximum absolute atomic E-state index is 13.7. The van der Waals surface area contributed by atoms with E-state index in [0.717, 1.165) is 30.0 Å². The van der Waals surface area contributed by atoms with E-state index in [0.29, 0.717) is 23.7 Å². The van der Waals surface area contributed by atoms with E-state index in [-0.39, 0.29) is 11.7 Å². The number of halogens is 1. The fraction of sp³-hybridized carbons (Fsp3) is 0.280. The van der Waals surface area contributed by atoms with Crippen molar-refractivity contribution < 1.29 is 8.91 Å². The summed E-state index contributed by atoms with van der Waals surface area (Å²) in [7, 11) is 0. The van der Waals surface area contributed by atoms with Crippen molar-refractivity contribution in [3.05, 3.63) is 89.9 Å². The van der Waals surface area contributed by atoms with E-state index in [2.05, 4.69) is 26.1 Å². The van der Waals surface area contributed by atoms with Crippen LogP contribution in [0.4, 0.5) is 10.2 Å². The Hall–Kier alpha value is -3.61. The second kappa shape index (κ2) is 9.26. The Bertz CT molecular complexity index is 1170. The van der Waals surface area contributed by atoms with Crippen molar-refractivity contribution in [3.8, 4) is 11.5 Å². The fourth-order valence-corrected chi connectivity index (χ4v) is 4.26. The molecule has 4 heterocycles. The first kappa shape index (κ1) is 20.3. The number of hydrogen-bond acceptors (Lipinski definition) is 6. The smallest absolute Gasteiger partial charge is 0.258 e. The fourth-order valence-electron chi connectivity index (χ4n) is 4.26. The molecule has 0 bridgehead atoms. The van der Waals surface area contributed by atoms with Gasteiger partial charge < -0.3 is 9.42 Å². The number of pyridine rings is 2. The molecule has 32 heavy (non-hydrogen) atoms. The van der Waals surface area contributed by atoms with Crippen LogP contribution in [0.15, 0.2) is 71.6 Å². The van der Waals surface area contributed by atoms with Crippen LogP contribution in [-0.4, -0.2) is 33.2 Å². The minimum absolute atomic E-state index is 0.164. The highest BCUT2D eigenvalue weighted by atomic mass is 19.1.